The Kier molecular flexibility index (Phi) is 5.89. The highest BCUT2D eigenvalue weighted by molar-refractivity contribution is 7.92. The minimum absolute atomic E-state index is 0.0179. The van der Waals surface area contributed by atoms with E-state index in [2.05, 4.69) is 10.0 Å². The van der Waals surface area contributed by atoms with Crippen molar-refractivity contribution in [2.75, 3.05) is 17.1 Å². The Morgan fingerprint density at radius 2 is 1.55 bits per heavy atom. The van der Waals surface area contributed by atoms with E-state index in [0.717, 1.165) is 11.1 Å². The maximum Gasteiger partial charge on any atom is 0.261 e. The van der Waals surface area contributed by atoms with Crippen LogP contribution in [0.25, 0.3) is 0 Å². The van der Waals surface area contributed by atoms with Gasteiger partial charge in [-0.3, -0.25) is 9.52 Å². The second-order valence-electron chi connectivity index (χ2n) is 6.55. The smallest absolute Gasteiger partial charge is 0.261 e. The summed E-state index contributed by atoms with van der Waals surface area (Å²) in [5, 5.41) is 2.72. The largest absolute Gasteiger partial charge is 0.495 e. The van der Waals surface area contributed by atoms with Crippen molar-refractivity contribution in [2.45, 2.75) is 18.7 Å². The van der Waals surface area contributed by atoms with Gasteiger partial charge >= 0.3 is 0 Å². The second kappa shape index (κ2) is 8.36. The molecule has 0 fully saturated rings. The number of carbonyl (C=O) groups excluding carboxylic acids is 1. The Morgan fingerprint density at radius 3 is 2.17 bits per heavy atom. The number of hydrogen-bond donors (Lipinski definition) is 2. The van der Waals surface area contributed by atoms with Crippen molar-refractivity contribution in [3.63, 3.8) is 0 Å². The Bertz CT molecular complexity index is 1120. The number of nitrogens with one attached hydrogen (secondary N) is 2. The van der Waals surface area contributed by atoms with Crippen LogP contribution in [0.4, 0.5) is 11.4 Å². The van der Waals surface area contributed by atoms with Crippen molar-refractivity contribution in [2.24, 2.45) is 0 Å². The lowest BCUT2D eigenvalue weighted by molar-refractivity contribution is 0.102. The van der Waals surface area contributed by atoms with Gasteiger partial charge in [-0.2, -0.15) is 0 Å². The number of hydrogen-bond acceptors (Lipinski definition) is 4. The molecule has 3 aromatic carbocycles. The van der Waals surface area contributed by atoms with Gasteiger partial charge in [-0.1, -0.05) is 36.4 Å². The number of benzene rings is 3. The lowest BCUT2D eigenvalue weighted by Crippen LogP contribution is -2.16. The summed E-state index contributed by atoms with van der Waals surface area (Å²) in [7, 11) is -2.41. The monoisotopic (exact) mass is 410 g/mol. The molecule has 1 amide bonds. The van der Waals surface area contributed by atoms with Gasteiger partial charge in [-0.25, -0.2) is 8.42 Å². The summed E-state index contributed by atoms with van der Waals surface area (Å²) < 4.78 is 33.8. The molecule has 0 aliphatic carbocycles. The molecule has 150 valence electrons. The van der Waals surface area contributed by atoms with Crippen LogP contribution in [0.5, 0.6) is 5.75 Å². The van der Waals surface area contributed by atoms with Crippen LogP contribution in [0.3, 0.4) is 0 Å². The van der Waals surface area contributed by atoms with Crippen LogP contribution in [-0.2, 0) is 10.0 Å². The Balaban J connectivity index is 1.94. The molecule has 0 spiro atoms. The van der Waals surface area contributed by atoms with Crippen LogP contribution in [0.15, 0.2) is 71.6 Å². The number of ether oxygens (including phenoxy) is 1. The average molecular weight is 410 g/mol. The number of methoxy groups -OCH3 is 1. The summed E-state index contributed by atoms with van der Waals surface area (Å²) in [5.41, 5.74) is 2.90. The molecule has 0 bridgehead atoms. The number of sulfonamides is 1. The van der Waals surface area contributed by atoms with Gasteiger partial charge in [0.1, 0.15) is 5.75 Å². The molecule has 0 aromatic heterocycles. The molecule has 0 atom stereocenters. The molecule has 6 nitrogen and oxygen atoms in total. The molecular weight excluding hydrogens is 388 g/mol. The van der Waals surface area contributed by atoms with Gasteiger partial charge in [0.05, 0.1) is 23.4 Å². The highest BCUT2D eigenvalue weighted by Gasteiger charge is 2.19. The second-order valence-corrected chi connectivity index (χ2v) is 8.24. The maximum atomic E-state index is 12.9. The first-order valence-electron chi connectivity index (χ1n) is 8.95. The van der Waals surface area contributed by atoms with Gasteiger partial charge in [0.15, 0.2) is 0 Å². The lowest BCUT2D eigenvalue weighted by Gasteiger charge is -2.15. The van der Waals surface area contributed by atoms with Gasteiger partial charge in [0.2, 0.25) is 0 Å². The summed E-state index contributed by atoms with van der Waals surface area (Å²) in [6.07, 6.45) is 0. The van der Waals surface area contributed by atoms with Crippen LogP contribution in [0.2, 0.25) is 0 Å². The number of amides is 1. The molecule has 0 radical (unpaired) electrons. The zero-order chi connectivity index (χ0) is 21.0. The topological polar surface area (TPSA) is 84.5 Å². The summed E-state index contributed by atoms with van der Waals surface area (Å²) in [6.45, 7) is 3.68. The van der Waals surface area contributed by atoms with Crippen LogP contribution in [0.1, 0.15) is 21.5 Å². The van der Waals surface area contributed by atoms with Gasteiger partial charge < -0.3 is 10.1 Å². The third-order valence-corrected chi connectivity index (χ3v) is 5.83. The maximum absolute atomic E-state index is 12.9. The fourth-order valence-electron chi connectivity index (χ4n) is 2.90. The standard InChI is InChI=1S/C22H22N2O4S/c1-15-8-7-9-16(2)21(15)24-29(26,27)18-12-13-20(28-3)19(14-18)23-22(25)17-10-5-4-6-11-17/h4-14,24H,1-3H3,(H,23,25). The molecule has 0 aliphatic heterocycles. The van der Waals surface area contributed by atoms with Crippen molar-refractivity contribution >= 4 is 27.3 Å². The van der Waals surface area contributed by atoms with E-state index in [0.29, 0.717) is 17.0 Å². The van der Waals surface area contributed by atoms with Crippen LogP contribution >= 0.6 is 0 Å². The van der Waals surface area contributed by atoms with E-state index in [1.165, 1.54) is 25.3 Å². The van der Waals surface area contributed by atoms with E-state index in [-0.39, 0.29) is 16.5 Å². The van der Waals surface area contributed by atoms with Gasteiger partial charge in [-0.15, -0.1) is 0 Å². The number of anilines is 2. The highest BCUT2D eigenvalue weighted by atomic mass is 32.2. The number of para-hydroxylation sites is 1. The van der Waals surface area contributed by atoms with Gasteiger partial charge in [0.25, 0.3) is 15.9 Å². The number of aryl methyl sites for hydroxylation is 2. The SMILES string of the molecule is COc1ccc(S(=O)(=O)Nc2c(C)cccc2C)cc1NC(=O)c1ccccc1. The molecule has 0 saturated carbocycles. The quantitative estimate of drug-likeness (QED) is 0.632. The Morgan fingerprint density at radius 1 is 0.897 bits per heavy atom. The van der Waals surface area contributed by atoms with E-state index in [9.17, 15) is 13.2 Å². The van der Waals surface area contributed by atoms with Crippen molar-refractivity contribution in [1.29, 1.82) is 0 Å². The molecule has 2 N–H and O–H groups in total. The molecule has 7 heteroatoms. The first-order valence-corrected chi connectivity index (χ1v) is 10.4. The zero-order valence-electron chi connectivity index (χ0n) is 16.4. The molecule has 3 rings (SSSR count). The molecular formula is C22H22N2O4S. The molecule has 3 aromatic rings. The van der Waals surface area contributed by atoms with Crippen molar-refractivity contribution in [1.82, 2.24) is 0 Å². The Hall–Kier alpha value is -3.32. The summed E-state index contributed by atoms with van der Waals surface area (Å²) in [5.74, 6) is 0.00135. The van der Waals surface area contributed by atoms with Crippen molar-refractivity contribution in [3.8, 4) is 5.75 Å². The summed E-state index contributed by atoms with van der Waals surface area (Å²) >= 11 is 0. The molecule has 0 heterocycles. The normalized spacial score (nSPS) is 11.0. The highest BCUT2D eigenvalue weighted by Crippen LogP contribution is 2.30. The first-order chi connectivity index (χ1) is 13.8. The lowest BCUT2D eigenvalue weighted by atomic mass is 10.1. The predicted octanol–water partition coefficient (Wildman–Crippen LogP) is 4.37. The van der Waals surface area contributed by atoms with E-state index in [1.54, 1.807) is 24.3 Å². The fourth-order valence-corrected chi connectivity index (χ4v) is 4.13. The minimum Gasteiger partial charge on any atom is -0.495 e. The number of carbonyl (C=O) groups is 1. The zero-order valence-corrected chi connectivity index (χ0v) is 17.2. The third kappa shape index (κ3) is 4.57. The van der Waals surface area contributed by atoms with E-state index < -0.39 is 10.0 Å². The van der Waals surface area contributed by atoms with Crippen LogP contribution in [-0.4, -0.2) is 21.4 Å². The van der Waals surface area contributed by atoms with Gasteiger partial charge in [-0.05, 0) is 55.3 Å². The summed E-state index contributed by atoms with van der Waals surface area (Å²) in [4.78, 5) is 12.5. The van der Waals surface area contributed by atoms with Crippen molar-refractivity contribution < 1.29 is 17.9 Å². The van der Waals surface area contributed by atoms with E-state index >= 15 is 0 Å². The third-order valence-electron chi connectivity index (χ3n) is 4.48. The molecule has 0 unspecified atom stereocenters. The van der Waals surface area contributed by atoms with Gasteiger partial charge in [0, 0.05) is 5.56 Å². The molecule has 29 heavy (non-hydrogen) atoms. The fraction of sp³-hybridized carbons (Fsp3) is 0.136. The summed E-state index contributed by atoms with van der Waals surface area (Å²) in [6, 6.07) is 18.5. The van der Waals surface area contributed by atoms with E-state index in [1.807, 2.05) is 38.1 Å². The number of rotatable bonds is 6. The van der Waals surface area contributed by atoms with Crippen LogP contribution < -0.4 is 14.8 Å². The predicted molar refractivity (Wildman–Crippen MR) is 114 cm³/mol. The minimum atomic E-state index is -3.86. The molecule has 0 saturated heterocycles. The molecule has 0 aliphatic rings. The van der Waals surface area contributed by atoms with E-state index in [4.69, 9.17) is 4.74 Å². The Labute approximate surface area is 170 Å². The first kappa shape index (κ1) is 20.4. The average Bonchev–Trinajstić information content (AvgIpc) is 2.71. The van der Waals surface area contributed by atoms with Crippen molar-refractivity contribution in [3.05, 3.63) is 83.4 Å². The van der Waals surface area contributed by atoms with Crippen LogP contribution in [0, 0.1) is 13.8 Å².